The van der Waals surface area contributed by atoms with E-state index in [1.807, 2.05) is 38.1 Å². The van der Waals surface area contributed by atoms with Crippen LogP contribution in [0.1, 0.15) is 18.9 Å². The molecule has 0 unspecified atom stereocenters. The van der Waals surface area contributed by atoms with Crippen LogP contribution in [0.4, 0.5) is 5.69 Å². The fourth-order valence-corrected chi connectivity index (χ4v) is 3.38. The van der Waals surface area contributed by atoms with E-state index in [4.69, 9.17) is 0 Å². The van der Waals surface area contributed by atoms with Crippen LogP contribution >= 0.6 is 24.2 Å². The van der Waals surface area contributed by atoms with Gasteiger partial charge in [-0.05, 0) is 44.2 Å². The highest BCUT2D eigenvalue weighted by molar-refractivity contribution is 8.18. The fraction of sp³-hybridized carbons (Fsp3) is 0.333. The number of benzene rings is 1. The third-order valence-corrected chi connectivity index (χ3v) is 4.68. The molecule has 0 aromatic heterocycles. The maximum Gasteiger partial charge on any atom is 0.264 e. The summed E-state index contributed by atoms with van der Waals surface area (Å²) in [5.41, 5.74) is 3.02. The van der Waals surface area contributed by atoms with E-state index in [0.29, 0.717) is 0 Å². The Labute approximate surface area is 135 Å². The summed E-state index contributed by atoms with van der Waals surface area (Å²) in [6.45, 7) is 5.84. The molecule has 0 saturated heterocycles. The molecule has 1 aromatic carbocycles. The van der Waals surface area contributed by atoms with Gasteiger partial charge in [-0.25, -0.2) is 0 Å². The van der Waals surface area contributed by atoms with Gasteiger partial charge in [0.25, 0.3) is 5.91 Å². The van der Waals surface area contributed by atoms with Crippen molar-refractivity contribution >= 4 is 40.9 Å². The molecule has 0 saturated carbocycles. The zero-order valence-corrected chi connectivity index (χ0v) is 13.7. The number of carbonyl (C=O) groups excluding carboxylic acids is 1. The Hall–Kier alpha value is -1.46. The smallest absolute Gasteiger partial charge is 0.264 e. The van der Waals surface area contributed by atoms with Crippen LogP contribution in [0.2, 0.25) is 0 Å². The first kappa shape index (κ1) is 15.9. The fourth-order valence-electron chi connectivity index (χ4n) is 2.31. The highest BCUT2D eigenvalue weighted by atomic mass is 35.5. The Morgan fingerprint density at radius 1 is 1.29 bits per heavy atom. The number of allylic oxidation sites excluding steroid dienone is 1. The standard InChI is InChI=1S/C15H17N3OS.ClH/c1-10-4-6-12(7-5-10)17-14(19)13-11(2)18-9-3-8-16-15(18)20-13;/h4-7H,3,8-9H2,1-2H3,(H,17,19);1H. The van der Waals surface area contributed by atoms with Gasteiger partial charge in [0.2, 0.25) is 0 Å². The van der Waals surface area contributed by atoms with Gasteiger partial charge in [0.1, 0.15) is 0 Å². The second kappa shape index (κ2) is 6.54. The van der Waals surface area contributed by atoms with Crippen molar-refractivity contribution in [1.29, 1.82) is 0 Å². The Bertz CT molecular complexity index is 610. The van der Waals surface area contributed by atoms with Crippen molar-refractivity contribution in [2.24, 2.45) is 4.99 Å². The molecule has 2 heterocycles. The number of amides is 1. The van der Waals surface area contributed by atoms with Crippen molar-refractivity contribution in [1.82, 2.24) is 4.90 Å². The molecule has 1 aromatic rings. The summed E-state index contributed by atoms with van der Waals surface area (Å²) in [6.07, 6.45) is 1.05. The molecule has 2 aliphatic rings. The number of aliphatic imine (C=N–C) groups is 1. The Balaban J connectivity index is 0.00000161. The Kier molecular flexibility index (Phi) is 4.96. The van der Waals surface area contributed by atoms with Crippen LogP contribution in [0.25, 0.3) is 0 Å². The third-order valence-electron chi connectivity index (χ3n) is 3.46. The largest absolute Gasteiger partial charge is 0.324 e. The number of thioether (sulfide) groups is 1. The van der Waals surface area contributed by atoms with E-state index in [0.717, 1.165) is 41.0 Å². The van der Waals surface area contributed by atoms with Crippen molar-refractivity contribution in [2.75, 3.05) is 18.4 Å². The summed E-state index contributed by atoms with van der Waals surface area (Å²) in [6, 6.07) is 7.83. The molecule has 6 heteroatoms. The van der Waals surface area contributed by atoms with Gasteiger partial charge in [0.15, 0.2) is 5.17 Å². The van der Waals surface area contributed by atoms with Crippen LogP contribution in [0, 0.1) is 6.92 Å². The van der Waals surface area contributed by atoms with Crippen LogP contribution in [0.3, 0.4) is 0 Å². The number of carbonyl (C=O) groups is 1. The normalized spacial score (nSPS) is 17.0. The zero-order chi connectivity index (χ0) is 14.1. The van der Waals surface area contributed by atoms with Gasteiger partial charge < -0.3 is 10.2 Å². The quantitative estimate of drug-likeness (QED) is 0.907. The molecule has 0 fully saturated rings. The number of hydrogen-bond acceptors (Lipinski definition) is 4. The molecule has 0 spiro atoms. The molecule has 0 radical (unpaired) electrons. The number of amidine groups is 1. The number of nitrogens with one attached hydrogen (secondary N) is 1. The van der Waals surface area contributed by atoms with Gasteiger partial charge in [0, 0.05) is 24.5 Å². The first-order valence-electron chi connectivity index (χ1n) is 6.74. The summed E-state index contributed by atoms with van der Waals surface area (Å²) in [4.78, 5) is 19.8. The number of aryl methyl sites for hydroxylation is 1. The number of nitrogens with zero attached hydrogens (tertiary/aromatic N) is 2. The molecule has 112 valence electrons. The average Bonchev–Trinajstić information content (AvgIpc) is 2.79. The van der Waals surface area contributed by atoms with E-state index in [1.165, 1.54) is 17.3 Å². The second-order valence-electron chi connectivity index (χ2n) is 5.01. The van der Waals surface area contributed by atoms with Crippen LogP contribution in [-0.2, 0) is 4.79 Å². The van der Waals surface area contributed by atoms with Gasteiger partial charge in [0.05, 0.1) is 4.91 Å². The van der Waals surface area contributed by atoms with Crippen molar-refractivity contribution in [3.8, 4) is 0 Å². The van der Waals surface area contributed by atoms with Gasteiger partial charge in [-0.3, -0.25) is 9.79 Å². The maximum atomic E-state index is 12.4. The van der Waals surface area contributed by atoms with Crippen LogP contribution < -0.4 is 5.32 Å². The number of hydrogen-bond donors (Lipinski definition) is 1. The maximum absolute atomic E-state index is 12.4. The number of halogens is 1. The minimum atomic E-state index is -0.0477. The molecule has 0 atom stereocenters. The van der Waals surface area contributed by atoms with Gasteiger partial charge in [-0.1, -0.05) is 17.7 Å². The molecule has 0 bridgehead atoms. The SMILES string of the molecule is CC1=C(C(=O)Nc2ccc(C)cc2)SC2=NCCCN21.Cl. The van der Waals surface area contributed by atoms with Crippen LogP contribution in [0.5, 0.6) is 0 Å². The van der Waals surface area contributed by atoms with E-state index in [1.54, 1.807) is 0 Å². The summed E-state index contributed by atoms with van der Waals surface area (Å²) in [5, 5.41) is 3.91. The monoisotopic (exact) mass is 323 g/mol. The van der Waals surface area contributed by atoms with Gasteiger partial charge >= 0.3 is 0 Å². The summed E-state index contributed by atoms with van der Waals surface area (Å²) in [5.74, 6) is -0.0477. The third kappa shape index (κ3) is 3.24. The van der Waals surface area contributed by atoms with Gasteiger partial charge in [-0.2, -0.15) is 0 Å². The lowest BCUT2D eigenvalue weighted by Gasteiger charge is -2.23. The second-order valence-corrected chi connectivity index (χ2v) is 5.98. The topological polar surface area (TPSA) is 44.7 Å². The predicted molar refractivity (Wildman–Crippen MR) is 91.0 cm³/mol. The molecule has 1 N–H and O–H groups in total. The highest BCUT2D eigenvalue weighted by Gasteiger charge is 2.31. The van der Waals surface area contributed by atoms with E-state index in [9.17, 15) is 4.79 Å². The van der Waals surface area contributed by atoms with Gasteiger partial charge in [-0.15, -0.1) is 12.4 Å². The van der Waals surface area contributed by atoms with E-state index in [2.05, 4.69) is 15.2 Å². The van der Waals surface area contributed by atoms with E-state index in [-0.39, 0.29) is 18.3 Å². The van der Waals surface area contributed by atoms with E-state index < -0.39 is 0 Å². The van der Waals surface area contributed by atoms with E-state index >= 15 is 0 Å². The first-order valence-corrected chi connectivity index (χ1v) is 7.55. The lowest BCUT2D eigenvalue weighted by molar-refractivity contribution is -0.112. The number of anilines is 1. The molecule has 1 amide bonds. The van der Waals surface area contributed by atoms with Crippen LogP contribution in [-0.4, -0.2) is 29.1 Å². The Morgan fingerprint density at radius 2 is 2.00 bits per heavy atom. The van der Waals surface area contributed by atoms with Crippen molar-refractivity contribution in [2.45, 2.75) is 20.3 Å². The van der Waals surface area contributed by atoms with Crippen molar-refractivity contribution in [3.63, 3.8) is 0 Å². The van der Waals surface area contributed by atoms with Crippen LogP contribution in [0.15, 0.2) is 39.9 Å². The zero-order valence-electron chi connectivity index (χ0n) is 12.0. The molecule has 0 aliphatic carbocycles. The lowest BCUT2D eigenvalue weighted by Crippen LogP contribution is -2.28. The molecule has 4 nitrogen and oxygen atoms in total. The summed E-state index contributed by atoms with van der Waals surface area (Å²) >= 11 is 1.48. The number of rotatable bonds is 2. The summed E-state index contributed by atoms with van der Waals surface area (Å²) < 4.78 is 0. The number of fused-ring (bicyclic) bond motifs is 1. The lowest BCUT2D eigenvalue weighted by atomic mass is 10.2. The molecule has 21 heavy (non-hydrogen) atoms. The summed E-state index contributed by atoms with van der Waals surface area (Å²) in [7, 11) is 0. The molecule has 3 rings (SSSR count). The van der Waals surface area contributed by atoms with Crippen molar-refractivity contribution in [3.05, 3.63) is 40.4 Å². The van der Waals surface area contributed by atoms with Crippen molar-refractivity contribution < 1.29 is 4.79 Å². The molecule has 2 aliphatic heterocycles. The minimum absolute atomic E-state index is 0. The highest BCUT2D eigenvalue weighted by Crippen LogP contribution is 2.36. The molecular formula is C15H18ClN3OS. The minimum Gasteiger partial charge on any atom is -0.324 e. The Morgan fingerprint density at radius 3 is 2.67 bits per heavy atom. The molecular weight excluding hydrogens is 306 g/mol. The predicted octanol–water partition coefficient (Wildman–Crippen LogP) is 3.40. The first-order chi connectivity index (χ1) is 9.65. The average molecular weight is 324 g/mol.